The molecule has 0 saturated carbocycles. The number of benzene rings is 1. The number of thiazole rings is 1. The molecule has 23 heavy (non-hydrogen) atoms. The number of carbonyl (C=O) groups excluding carboxylic acids is 2. The van der Waals surface area contributed by atoms with E-state index in [1.807, 2.05) is 19.2 Å². The van der Waals surface area contributed by atoms with Crippen molar-refractivity contribution in [3.8, 4) is 5.75 Å². The van der Waals surface area contributed by atoms with Crippen molar-refractivity contribution in [3.05, 3.63) is 39.8 Å². The number of hydrogen-bond acceptors (Lipinski definition) is 6. The van der Waals surface area contributed by atoms with E-state index in [0.29, 0.717) is 11.4 Å². The van der Waals surface area contributed by atoms with E-state index in [1.165, 1.54) is 18.4 Å². The number of rotatable bonds is 6. The third-order valence-electron chi connectivity index (χ3n) is 3.06. The van der Waals surface area contributed by atoms with Crippen molar-refractivity contribution in [3.63, 3.8) is 0 Å². The molecule has 1 amide bonds. The fourth-order valence-corrected chi connectivity index (χ4v) is 2.53. The number of nitrogens with one attached hydrogen (secondary N) is 1. The number of methoxy groups -OCH3 is 1. The molecule has 0 aliphatic carbocycles. The Bertz CT molecular complexity index is 712. The van der Waals surface area contributed by atoms with Gasteiger partial charge in [0.25, 0.3) is 0 Å². The van der Waals surface area contributed by atoms with E-state index in [2.05, 4.69) is 15.0 Å². The van der Waals surface area contributed by atoms with E-state index in [9.17, 15) is 9.59 Å². The number of aromatic nitrogens is 1. The predicted molar refractivity (Wildman–Crippen MR) is 87.9 cm³/mol. The van der Waals surface area contributed by atoms with Gasteiger partial charge in [-0.05, 0) is 37.6 Å². The summed E-state index contributed by atoms with van der Waals surface area (Å²) in [4.78, 5) is 27.4. The molecule has 1 aromatic heterocycles. The first-order chi connectivity index (χ1) is 11.0. The number of esters is 1. The van der Waals surface area contributed by atoms with Gasteiger partial charge in [-0.25, -0.2) is 9.78 Å². The quantitative estimate of drug-likeness (QED) is 0.821. The molecule has 0 fully saturated rings. The molecule has 0 unspecified atom stereocenters. The zero-order valence-electron chi connectivity index (χ0n) is 13.2. The van der Waals surface area contributed by atoms with Gasteiger partial charge in [-0.1, -0.05) is 0 Å². The average Bonchev–Trinajstić information content (AvgIpc) is 2.92. The van der Waals surface area contributed by atoms with E-state index in [0.717, 1.165) is 16.3 Å². The van der Waals surface area contributed by atoms with Crippen LogP contribution in [0.2, 0.25) is 0 Å². The van der Waals surface area contributed by atoms with Crippen LogP contribution in [0.5, 0.6) is 5.75 Å². The molecule has 6 nitrogen and oxygen atoms in total. The Labute approximate surface area is 138 Å². The van der Waals surface area contributed by atoms with Crippen LogP contribution in [0.4, 0.5) is 5.69 Å². The van der Waals surface area contributed by atoms with E-state index >= 15 is 0 Å². The van der Waals surface area contributed by atoms with Crippen molar-refractivity contribution in [1.82, 2.24) is 4.98 Å². The highest BCUT2D eigenvalue weighted by molar-refractivity contribution is 7.09. The number of nitrogens with zero attached hydrogens (tertiary/aromatic N) is 1. The summed E-state index contributed by atoms with van der Waals surface area (Å²) in [6, 6.07) is 5.19. The van der Waals surface area contributed by atoms with Gasteiger partial charge < -0.3 is 14.8 Å². The molecule has 0 radical (unpaired) electrons. The maximum absolute atomic E-state index is 12.0. The molecule has 7 heteroatoms. The first-order valence-electron chi connectivity index (χ1n) is 6.99. The van der Waals surface area contributed by atoms with Crippen LogP contribution in [-0.4, -0.2) is 30.6 Å². The first kappa shape index (κ1) is 17.0. The Morgan fingerprint density at radius 1 is 1.30 bits per heavy atom. The summed E-state index contributed by atoms with van der Waals surface area (Å²) >= 11 is 1.52. The standard InChI is InChI=1S/C16H18N2O4S/c1-10-6-13(22-8-16(20)21-3)4-5-14(10)18-15(19)7-12-9-23-11(2)17-12/h4-6,9H,7-8H2,1-3H3,(H,18,19). The summed E-state index contributed by atoms with van der Waals surface area (Å²) in [5, 5.41) is 5.67. The molecule has 0 aliphatic rings. The lowest BCUT2D eigenvalue weighted by atomic mass is 10.2. The van der Waals surface area contributed by atoms with Gasteiger partial charge in [-0.15, -0.1) is 11.3 Å². The SMILES string of the molecule is COC(=O)COc1ccc(NC(=O)Cc2csc(C)n2)c(C)c1. The van der Waals surface area contributed by atoms with Gasteiger partial charge in [0, 0.05) is 11.1 Å². The van der Waals surface area contributed by atoms with Crippen LogP contribution in [0.15, 0.2) is 23.6 Å². The minimum atomic E-state index is -0.446. The van der Waals surface area contributed by atoms with Gasteiger partial charge in [0.2, 0.25) is 5.91 Å². The van der Waals surface area contributed by atoms with Crippen molar-refractivity contribution in [2.75, 3.05) is 19.0 Å². The lowest BCUT2D eigenvalue weighted by Gasteiger charge is -2.10. The summed E-state index contributed by atoms with van der Waals surface area (Å²) in [6.45, 7) is 3.61. The van der Waals surface area contributed by atoms with Gasteiger partial charge in [0.1, 0.15) is 5.75 Å². The maximum atomic E-state index is 12.0. The third kappa shape index (κ3) is 5.07. The summed E-state index contributed by atoms with van der Waals surface area (Å²) in [5.74, 6) is -0.0266. The predicted octanol–water partition coefficient (Wildman–Crippen LogP) is 2.49. The first-order valence-corrected chi connectivity index (χ1v) is 7.87. The molecule has 1 aromatic carbocycles. The Kier molecular flexibility index (Phi) is 5.70. The smallest absolute Gasteiger partial charge is 0.343 e. The topological polar surface area (TPSA) is 77.5 Å². The number of anilines is 1. The molecule has 0 spiro atoms. The Morgan fingerprint density at radius 3 is 2.70 bits per heavy atom. The zero-order valence-corrected chi connectivity index (χ0v) is 14.0. The van der Waals surface area contributed by atoms with Gasteiger partial charge >= 0.3 is 5.97 Å². The summed E-state index contributed by atoms with van der Waals surface area (Å²) in [7, 11) is 1.30. The Hall–Kier alpha value is -2.41. The van der Waals surface area contributed by atoms with Crippen molar-refractivity contribution in [2.24, 2.45) is 0 Å². The van der Waals surface area contributed by atoms with Gasteiger partial charge in [0.15, 0.2) is 6.61 Å². The lowest BCUT2D eigenvalue weighted by molar-refractivity contribution is -0.142. The van der Waals surface area contributed by atoms with Crippen LogP contribution in [-0.2, 0) is 20.7 Å². The van der Waals surface area contributed by atoms with E-state index < -0.39 is 5.97 Å². The fourth-order valence-electron chi connectivity index (χ4n) is 1.92. The molecular formula is C16H18N2O4S. The summed E-state index contributed by atoms with van der Waals surface area (Å²) in [6.07, 6.45) is 0.240. The van der Waals surface area contributed by atoms with Crippen LogP contribution in [0.1, 0.15) is 16.3 Å². The zero-order chi connectivity index (χ0) is 16.8. The highest BCUT2D eigenvalue weighted by Crippen LogP contribution is 2.21. The van der Waals surface area contributed by atoms with E-state index in [-0.39, 0.29) is 18.9 Å². The fraction of sp³-hybridized carbons (Fsp3) is 0.312. The van der Waals surface area contributed by atoms with Crippen molar-refractivity contribution in [2.45, 2.75) is 20.3 Å². The monoisotopic (exact) mass is 334 g/mol. The minimum Gasteiger partial charge on any atom is -0.482 e. The number of carbonyl (C=O) groups is 2. The Morgan fingerprint density at radius 2 is 2.09 bits per heavy atom. The normalized spacial score (nSPS) is 10.2. The molecule has 0 bridgehead atoms. The molecule has 2 aromatic rings. The Balaban J connectivity index is 1.94. The number of amides is 1. The van der Waals surface area contributed by atoms with Crippen LogP contribution in [0.3, 0.4) is 0 Å². The van der Waals surface area contributed by atoms with Gasteiger partial charge in [-0.2, -0.15) is 0 Å². The third-order valence-corrected chi connectivity index (χ3v) is 3.89. The largest absolute Gasteiger partial charge is 0.482 e. The van der Waals surface area contributed by atoms with Crippen molar-refractivity contribution < 1.29 is 19.1 Å². The summed E-state index contributed by atoms with van der Waals surface area (Å²) in [5.41, 5.74) is 2.31. The van der Waals surface area contributed by atoms with E-state index in [1.54, 1.807) is 18.2 Å². The minimum absolute atomic E-state index is 0.123. The molecular weight excluding hydrogens is 316 g/mol. The van der Waals surface area contributed by atoms with Gasteiger partial charge in [-0.3, -0.25) is 4.79 Å². The molecule has 0 saturated heterocycles. The van der Waals surface area contributed by atoms with E-state index in [4.69, 9.17) is 4.74 Å². The second-order valence-corrected chi connectivity index (χ2v) is 5.99. The number of aryl methyl sites for hydroxylation is 2. The molecule has 0 aliphatic heterocycles. The molecule has 2 rings (SSSR count). The van der Waals surface area contributed by atoms with Crippen LogP contribution in [0, 0.1) is 13.8 Å². The molecule has 1 heterocycles. The average molecular weight is 334 g/mol. The lowest BCUT2D eigenvalue weighted by Crippen LogP contribution is -2.16. The highest BCUT2D eigenvalue weighted by atomic mass is 32.1. The molecule has 122 valence electrons. The van der Waals surface area contributed by atoms with Crippen LogP contribution < -0.4 is 10.1 Å². The second-order valence-electron chi connectivity index (χ2n) is 4.92. The summed E-state index contributed by atoms with van der Waals surface area (Å²) < 4.78 is 9.81. The molecule has 0 atom stereocenters. The van der Waals surface area contributed by atoms with Gasteiger partial charge in [0.05, 0.1) is 24.2 Å². The van der Waals surface area contributed by atoms with Crippen LogP contribution in [0.25, 0.3) is 0 Å². The number of ether oxygens (including phenoxy) is 2. The molecule has 1 N–H and O–H groups in total. The van der Waals surface area contributed by atoms with Crippen molar-refractivity contribution in [1.29, 1.82) is 0 Å². The second kappa shape index (κ2) is 7.73. The van der Waals surface area contributed by atoms with Crippen molar-refractivity contribution >= 4 is 28.9 Å². The highest BCUT2D eigenvalue weighted by Gasteiger charge is 2.09. The van der Waals surface area contributed by atoms with Crippen LogP contribution >= 0.6 is 11.3 Å². The maximum Gasteiger partial charge on any atom is 0.343 e. The number of hydrogen-bond donors (Lipinski definition) is 1.